The zero-order valence-electron chi connectivity index (χ0n) is 20.3. The number of carbonyl (C=O) groups excluding carboxylic acids is 2. The molecule has 1 heterocycles. The average Bonchev–Trinajstić information content (AvgIpc) is 3.17. The van der Waals surface area contributed by atoms with Gasteiger partial charge in [-0.2, -0.15) is 0 Å². The number of nitrogens with zero attached hydrogens (tertiary/aromatic N) is 1. The maximum Gasteiger partial charge on any atom is 0.290 e. The van der Waals surface area contributed by atoms with Gasteiger partial charge in [-0.25, -0.2) is 0 Å². The second kappa shape index (κ2) is 10.8. The molecule has 1 atom stereocenters. The van der Waals surface area contributed by atoms with E-state index in [-0.39, 0.29) is 12.1 Å². The number of amides is 1. The van der Waals surface area contributed by atoms with Crippen LogP contribution in [-0.2, 0) is 16.1 Å². The van der Waals surface area contributed by atoms with Gasteiger partial charge in [0.2, 0.25) is 5.75 Å². The van der Waals surface area contributed by atoms with Crippen LogP contribution >= 0.6 is 0 Å². The maximum atomic E-state index is 13.4. The molecule has 1 amide bonds. The summed E-state index contributed by atoms with van der Waals surface area (Å²) in [6.07, 6.45) is 3.02. The van der Waals surface area contributed by atoms with Crippen molar-refractivity contribution in [3.63, 3.8) is 0 Å². The highest BCUT2D eigenvalue weighted by Crippen LogP contribution is 2.45. The first kappa shape index (κ1) is 24.6. The molecular weight excluding hydrogens is 458 g/mol. The van der Waals surface area contributed by atoms with Crippen LogP contribution in [-0.4, -0.2) is 43.0 Å². The van der Waals surface area contributed by atoms with Crippen molar-refractivity contribution in [2.75, 3.05) is 21.3 Å². The van der Waals surface area contributed by atoms with E-state index < -0.39 is 23.5 Å². The van der Waals surface area contributed by atoms with E-state index in [9.17, 15) is 14.7 Å². The highest BCUT2D eigenvalue weighted by atomic mass is 16.5. The SMILES string of the molecule is COc1cc(C2C(C(=O)C=Cc3ccccc3)=C(O)C(=O)N2Cc2ccccc2)cc(OC)c1OC. The Morgan fingerprint density at radius 1 is 0.917 bits per heavy atom. The Kier molecular flexibility index (Phi) is 7.39. The van der Waals surface area contributed by atoms with Gasteiger partial charge in [0, 0.05) is 6.54 Å². The minimum absolute atomic E-state index is 0.0163. The fourth-order valence-electron chi connectivity index (χ4n) is 4.28. The van der Waals surface area contributed by atoms with E-state index in [2.05, 4.69) is 0 Å². The van der Waals surface area contributed by atoms with Gasteiger partial charge in [0.25, 0.3) is 5.91 Å². The van der Waals surface area contributed by atoms with Gasteiger partial charge in [-0.05, 0) is 34.9 Å². The number of ketones is 1. The number of ether oxygens (including phenoxy) is 3. The minimum atomic E-state index is -0.876. The van der Waals surface area contributed by atoms with Crippen molar-refractivity contribution in [3.8, 4) is 17.2 Å². The Morgan fingerprint density at radius 3 is 2.06 bits per heavy atom. The molecule has 0 fully saturated rings. The average molecular weight is 486 g/mol. The summed E-state index contributed by atoms with van der Waals surface area (Å²) in [6, 6.07) is 21.2. The van der Waals surface area contributed by atoms with Crippen LogP contribution in [0.1, 0.15) is 22.7 Å². The summed E-state index contributed by atoms with van der Waals surface area (Å²) in [5.74, 6) is -0.554. The molecule has 7 heteroatoms. The number of methoxy groups -OCH3 is 3. The summed E-state index contributed by atoms with van der Waals surface area (Å²) in [4.78, 5) is 28.2. The van der Waals surface area contributed by atoms with Crippen molar-refractivity contribution < 1.29 is 28.9 Å². The molecule has 184 valence electrons. The van der Waals surface area contributed by atoms with Crippen LogP contribution in [0.5, 0.6) is 17.2 Å². The van der Waals surface area contributed by atoms with Gasteiger partial charge in [-0.15, -0.1) is 0 Å². The molecule has 0 spiro atoms. The first-order chi connectivity index (χ1) is 17.5. The third-order valence-electron chi connectivity index (χ3n) is 5.99. The number of aliphatic hydroxyl groups excluding tert-OH is 1. The van der Waals surface area contributed by atoms with Crippen molar-refractivity contribution in [2.45, 2.75) is 12.6 Å². The van der Waals surface area contributed by atoms with Crippen molar-refractivity contribution >= 4 is 17.8 Å². The van der Waals surface area contributed by atoms with E-state index in [1.807, 2.05) is 60.7 Å². The number of rotatable bonds is 9. The van der Waals surface area contributed by atoms with Gasteiger partial charge in [-0.3, -0.25) is 9.59 Å². The van der Waals surface area contributed by atoms with E-state index in [0.29, 0.717) is 22.8 Å². The topological polar surface area (TPSA) is 85.3 Å². The highest BCUT2D eigenvalue weighted by molar-refractivity contribution is 6.14. The quantitative estimate of drug-likeness (QED) is 0.435. The van der Waals surface area contributed by atoms with Crippen LogP contribution in [0.3, 0.4) is 0 Å². The Labute approximate surface area is 209 Å². The van der Waals surface area contributed by atoms with E-state index in [1.165, 1.54) is 32.3 Å². The molecule has 1 unspecified atom stereocenters. The summed E-state index contributed by atoms with van der Waals surface area (Å²) >= 11 is 0. The lowest BCUT2D eigenvalue weighted by Gasteiger charge is -2.27. The Balaban J connectivity index is 1.82. The Morgan fingerprint density at radius 2 is 1.50 bits per heavy atom. The monoisotopic (exact) mass is 485 g/mol. The number of carbonyl (C=O) groups is 2. The predicted octanol–water partition coefficient (Wildman–Crippen LogP) is 4.89. The molecule has 3 aromatic rings. The smallest absolute Gasteiger partial charge is 0.290 e. The fraction of sp³-hybridized carbons (Fsp3) is 0.172. The van der Waals surface area contributed by atoms with Crippen molar-refractivity contribution in [1.29, 1.82) is 0 Å². The zero-order chi connectivity index (χ0) is 25.7. The van der Waals surface area contributed by atoms with Crippen LogP contribution in [0.2, 0.25) is 0 Å². The third-order valence-corrected chi connectivity index (χ3v) is 5.99. The molecule has 1 aliphatic rings. The number of aliphatic hydroxyl groups is 1. The van der Waals surface area contributed by atoms with Crippen molar-refractivity contribution in [2.24, 2.45) is 0 Å². The van der Waals surface area contributed by atoms with Gasteiger partial charge in [0.15, 0.2) is 23.0 Å². The van der Waals surface area contributed by atoms with Crippen LogP contribution in [0.25, 0.3) is 6.08 Å². The number of hydrogen-bond acceptors (Lipinski definition) is 6. The largest absolute Gasteiger partial charge is 0.503 e. The number of hydrogen-bond donors (Lipinski definition) is 1. The molecule has 0 saturated heterocycles. The summed E-state index contributed by atoms with van der Waals surface area (Å²) in [5, 5.41) is 10.9. The van der Waals surface area contributed by atoms with Crippen LogP contribution in [0.4, 0.5) is 0 Å². The van der Waals surface area contributed by atoms with E-state index >= 15 is 0 Å². The van der Waals surface area contributed by atoms with Gasteiger partial charge < -0.3 is 24.2 Å². The maximum absolute atomic E-state index is 13.4. The van der Waals surface area contributed by atoms with Gasteiger partial charge in [0.1, 0.15) is 0 Å². The molecule has 3 aromatic carbocycles. The van der Waals surface area contributed by atoms with E-state index in [4.69, 9.17) is 14.2 Å². The van der Waals surface area contributed by atoms with E-state index in [1.54, 1.807) is 18.2 Å². The minimum Gasteiger partial charge on any atom is -0.503 e. The lowest BCUT2D eigenvalue weighted by Crippen LogP contribution is -2.30. The molecule has 1 N–H and O–H groups in total. The normalized spacial score (nSPS) is 15.5. The molecule has 0 radical (unpaired) electrons. The predicted molar refractivity (Wildman–Crippen MR) is 136 cm³/mol. The molecule has 0 aliphatic carbocycles. The summed E-state index contributed by atoms with van der Waals surface area (Å²) < 4.78 is 16.4. The lowest BCUT2D eigenvalue weighted by molar-refractivity contribution is -0.130. The molecule has 0 aromatic heterocycles. The van der Waals surface area contributed by atoms with Crippen molar-refractivity contribution in [1.82, 2.24) is 4.90 Å². The summed E-state index contributed by atoms with van der Waals surface area (Å²) in [7, 11) is 4.48. The Bertz CT molecular complexity index is 1290. The number of benzene rings is 3. The summed E-state index contributed by atoms with van der Waals surface area (Å²) in [5.41, 5.74) is 2.19. The standard InChI is InChI=1S/C29H27NO6/c1-34-23-16-21(17-24(35-2)28(23)36-3)26-25(22(31)15-14-19-10-6-4-7-11-19)27(32)29(33)30(26)18-20-12-8-5-9-13-20/h4-17,26,32H,18H2,1-3H3. The highest BCUT2D eigenvalue weighted by Gasteiger charge is 2.43. The van der Waals surface area contributed by atoms with Crippen LogP contribution < -0.4 is 14.2 Å². The van der Waals surface area contributed by atoms with Gasteiger partial charge in [-0.1, -0.05) is 66.7 Å². The van der Waals surface area contributed by atoms with Gasteiger partial charge >= 0.3 is 0 Å². The lowest BCUT2D eigenvalue weighted by atomic mass is 9.94. The summed E-state index contributed by atoms with van der Waals surface area (Å²) in [6.45, 7) is 0.185. The third kappa shape index (κ3) is 4.81. The Hall–Kier alpha value is -4.52. The van der Waals surface area contributed by atoms with Crippen LogP contribution in [0.15, 0.2) is 90.2 Å². The first-order valence-electron chi connectivity index (χ1n) is 11.3. The van der Waals surface area contributed by atoms with Crippen molar-refractivity contribution in [3.05, 3.63) is 107 Å². The second-order valence-corrected chi connectivity index (χ2v) is 8.15. The first-order valence-corrected chi connectivity index (χ1v) is 11.3. The zero-order valence-corrected chi connectivity index (χ0v) is 20.3. The molecule has 36 heavy (non-hydrogen) atoms. The molecule has 1 aliphatic heterocycles. The molecule has 0 saturated carbocycles. The van der Waals surface area contributed by atoms with Gasteiger partial charge in [0.05, 0.1) is 32.9 Å². The molecule has 0 bridgehead atoms. The van der Waals surface area contributed by atoms with Crippen LogP contribution in [0, 0.1) is 0 Å². The second-order valence-electron chi connectivity index (χ2n) is 8.15. The molecular formula is C29H27NO6. The molecule has 7 nitrogen and oxygen atoms in total. The molecule has 4 rings (SSSR count). The fourth-order valence-corrected chi connectivity index (χ4v) is 4.28. The van der Waals surface area contributed by atoms with E-state index in [0.717, 1.165) is 11.1 Å². The number of allylic oxidation sites excluding steroid dienone is 1.